The second-order valence-electron chi connectivity index (χ2n) is 25.2. The SMILES string of the molecule is CCCC/C=C\C/C=C\CCCCCCCC(=O)OCC(COC(=O)CCCCCCCCCCCCCCCCCCC/C=C\CCCCCCCCCC)OC(=O)CCCCCCCCCCCCCCCCCCCCCCC. The molecule has 0 amide bonds. The van der Waals surface area contributed by atoms with Crippen LogP contribution in [0.15, 0.2) is 36.5 Å². The van der Waals surface area contributed by atoms with Crippen molar-refractivity contribution in [1.82, 2.24) is 0 Å². The van der Waals surface area contributed by atoms with Crippen molar-refractivity contribution in [2.45, 2.75) is 419 Å². The fourth-order valence-electron chi connectivity index (χ4n) is 11.3. The summed E-state index contributed by atoms with van der Waals surface area (Å²) in [6.45, 7) is 6.67. The summed E-state index contributed by atoms with van der Waals surface area (Å²) in [6, 6.07) is 0. The van der Waals surface area contributed by atoms with Gasteiger partial charge in [-0.2, -0.15) is 0 Å². The Morgan fingerprint density at radius 2 is 0.451 bits per heavy atom. The molecule has 0 aliphatic rings. The highest BCUT2D eigenvalue weighted by atomic mass is 16.6. The van der Waals surface area contributed by atoms with Crippen molar-refractivity contribution < 1.29 is 28.6 Å². The lowest BCUT2D eigenvalue weighted by atomic mass is 10.0. The average molecular weight is 1150 g/mol. The Morgan fingerprint density at radius 1 is 0.244 bits per heavy atom. The molecule has 0 saturated carbocycles. The van der Waals surface area contributed by atoms with Gasteiger partial charge in [0.15, 0.2) is 6.10 Å². The summed E-state index contributed by atoms with van der Waals surface area (Å²) in [5.41, 5.74) is 0. The summed E-state index contributed by atoms with van der Waals surface area (Å²) >= 11 is 0. The quantitative estimate of drug-likeness (QED) is 0.0261. The van der Waals surface area contributed by atoms with Crippen LogP contribution < -0.4 is 0 Å². The number of hydrogen-bond donors (Lipinski definition) is 0. The third-order valence-corrected chi connectivity index (χ3v) is 16.9. The fourth-order valence-corrected chi connectivity index (χ4v) is 11.3. The molecule has 6 heteroatoms. The Kier molecular flexibility index (Phi) is 69.1. The van der Waals surface area contributed by atoms with E-state index in [1.807, 2.05) is 0 Å². The van der Waals surface area contributed by atoms with E-state index in [1.165, 1.54) is 295 Å². The van der Waals surface area contributed by atoms with Crippen LogP contribution in [0.3, 0.4) is 0 Å². The molecule has 0 radical (unpaired) electrons. The normalized spacial score (nSPS) is 12.2. The largest absolute Gasteiger partial charge is 0.462 e. The number of carbonyl (C=O) groups excluding carboxylic acids is 3. The molecular weight excluding hydrogens is 1010 g/mol. The average Bonchev–Trinajstić information content (AvgIpc) is 3.48. The van der Waals surface area contributed by atoms with Crippen LogP contribution in [-0.2, 0) is 28.6 Å². The van der Waals surface area contributed by atoms with Gasteiger partial charge >= 0.3 is 17.9 Å². The van der Waals surface area contributed by atoms with Crippen molar-refractivity contribution in [2.75, 3.05) is 13.2 Å². The lowest BCUT2D eigenvalue weighted by Gasteiger charge is -2.18. The first-order chi connectivity index (χ1) is 40.5. The molecule has 0 aromatic carbocycles. The Bertz CT molecular complexity index is 1370. The summed E-state index contributed by atoms with van der Waals surface area (Å²) in [5.74, 6) is -0.854. The molecule has 82 heavy (non-hydrogen) atoms. The van der Waals surface area contributed by atoms with Gasteiger partial charge in [0.25, 0.3) is 0 Å². The second-order valence-corrected chi connectivity index (χ2v) is 25.2. The Labute approximate surface area is 512 Å². The van der Waals surface area contributed by atoms with Crippen LogP contribution in [0.5, 0.6) is 0 Å². The molecule has 0 aromatic rings. The van der Waals surface area contributed by atoms with Crippen LogP contribution in [0.2, 0.25) is 0 Å². The van der Waals surface area contributed by atoms with Crippen molar-refractivity contribution in [1.29, 1.82) is 0 Å². The van der Waals surface area contributed by atoms with Gasteiger partial charge in [-0.3, -0.25) is 14.4 Å². The molecule has 0 aromatic heterocycles. The fraction of sp³-hybridized carbons (Fsp3) is 0.882. The second kappa shape index (κ2) is 71.1. The molecule has 1 atom stereocenters. The maximum Gasteiger partial charge on any atom is 0.306 e. The molecule has 0 spiro atoms. The van der Waals surface area contributed by atoms with E-state index in [1.54, 1.807) is 0 Å². The van der Waals surface area contributed by atoms with Gasteiger partial charge in [0, 0.05) is 19.3 Å². The lowest BCUT2D eigenvalue weighted by molar-refractivity contribution is -0.167. The molecule has 0 N–H and O–H groups in total. The zero-order valence-corrected chi connectivity index (χ0v) is 55.5. The van der Waals surface area contributed by atoms with E-state index >= 15 is 0 Å². The molecular formula is C76H142O6. The zero-order valence-electron chi connectivity index (χ0n) is 55.5. The zero-order chi connectivity index (χ0) is 59.2. The van der Waals surface area contributed by atoms with E-state index in [0.29, 0.717) is 19.3 Å². The standard InChI is InChI=1S/C76H142O6/c1-4-7-10-13-16-19-22-25-28-30-32-34-35-36-37-38-39-40-41-43-44-46-48-51-54-57-60-63-66-69-75(78)81-72-73(71-80-74(77)68-65-62-59-56-53-50-27-24-21-18-15-12-9-6-3)82-76(79)70-67-64-61-58-55-52-49-47-45-42-33-31-29-26-23-20-17-14-11-8-5-2/h15,18,24,27,30,32,73H,4-14,16-17,19-23,25-26,28-29,31,33-72H2,1-3H3/b18-15-,27-24-,32-30-. The molecule has 0 bridgehead atoms. The Morgan fingerprint density at radius 3 is 0.720 bits per heavy atom. The van der Waals surface area contributed by atoms with E-state index in [2.05, 4.69) is 57.2 Å². The molecule has 0 aliphatic heterocycles. The minimum absolute atomic E-state index is 0.0709. The topological polar surface area (TPSA) is 78.9 Å². The number of esters is 3. The van der Waals surface area contributed by atoms with E-state index < -0.39 is 6.10 Å². The summed E-state index contributed by atoms with van der Waals surface area (Å²) in [5, 5.41) is 0. The molecule has 1 unspecified atom stereocenters. The Hall–Kier alpha value is -2.37. The van der Waals surface area contributed by atoms with Gasteiger partial charge in [-0.05, 0) is 70.6 Å². The smallest absolute Gasteiger partial charge is 0.306 e. The summed E-state index contributed by atoms with van der Waals surface area (Å²) in [6.07, 6.45) is 89.1. The molecule has 6 nitrogen and oxygen atoms in total. The molecule has 0 fully saturated rings. The maximum absolute atomic E-state index is 13.0. The first-order valence-electron chi connectivity index (χ1n) is 37.0. The van der Waals surface area contributed by atoms with E-state index in [4.69, 9.17) is 14.2 Å². The first-order valence-corrected chi connectivity index (χ1v) is 37.0. The number of rotatable bonds is 69. The van der Waals surface area contributed by atoms with Crippen LogP contribution >= 0.6 is 0 Å². The first kappa shape index (κ1) is 79.6. The predicted octanol–water partition coefficient (Wildman–Crippen LogP) is 25.5. The van der Waals surface area contributed by atoms with Crippen molar-refractivity contribution in [2.24, 2.45) is 0 Å². The lowest BCUT2D eigenvalue weighted by Crippen LogP contribution is -2.30. The summed E-state index contributed by atoms with van der Waals surface area (Å²) < 4.78 is 17.0. The van der Waals surface area contributed by atoms with Crippen LogP contribution in [0.4, 0.5) is 0 Å². The van der Waals surface area contributed by atoms with Crippen LogP contribution in [-0.4, -0.2) is 37.2 Å². The highest BCUT2D eigenvalue weighted by Crippen LogP contribution is 2.19. The van der Waals surface area contributed by atoms with E-state index in [9.17, 15) is 14.4 Å². The highest BCUT2D eigenvalue weighted by molar-refractivity contribution is 5.71. The monoisotopic (exact) mass is 1150 g/mol. The Balaban J connectivity index is 4.20. The maximum atomic E-state index is 13.0. The number of allylic oxidation sites excluding steroid dienone is 6. The van der Waals surface area contributed by atoms with Crippen LogP contribution in [0.25, 0.3) is 0 Å². The molecule has 0 saturated heterocycles. The number of carbonyl (C=O) groups is 3. The van der Waals surface area contributed by atoms with Crippen LogP contribution in [0.1, 0.15) is 412 Å². The molecule has 0 aliphatic carbocycles. The number of hydrogen-bond acceptors (Lipinski definition) is 6. The van der Waals surface area contributed by atoms with Gasteiger partial charge < -0.3 is 14.2 Å². The third kappa shape index (κ3) is 68.4. The highest BCUT2D eigenvalue weighted by Gasteiger charge is 2.19. The van der Waals surface area contributed by atoms with Gasteiger partial charge in [-0.15, -0.1) is 0 Å². The summed E-state index contributed by atoms with van der Waals surface area (Å²) in [7, 11) is 0. The predicted molar refractivity (Wildman–Crippen MR) is 358 cm³/mol. The van der Waals surface area contributed by atoms with Crippen LogP contribution in [0, 0.1) is 0 Å². The molecule has 0 rings (SSSR count). The van der Waals surface area contributed by atoms with E-state index in [-0.39, 0.29) is 31.1 Å². The number of unbranched alkanes of at least 4 members (excludes halogenated alkanes) is 52. The van der Waals surface area contributed by atoms with Crippen molar-refractivity contribution >= 4 is 17.9 Å². The van der Waals surface area contributed by atoms with Gasteiger partial charge in [0.2, 0.25) is 0 Å². The van der Waals surface area contributed by atoms with Gasteiger partial charge in [0.05, 0.1) is 0 Å². The third-order valence-electron chi connectivity index (χ3n) is 16.9. The van der Waals surface area contributed by atoms with Gasteiger partial charge in [-0.25, -0.2) is 0 Å². The van der Waals surface area contributed by atoms with Crippen molar-refractivity contribution in [3.63, 3.8) is 0 Å². The van der Waals surface area contributed by atoms with E-state index in [0.717, 1.165) is 77.0 Å². The number of ether oxygens (including phenoxy) is 3. The van der Waals surface area contributed by atoms with Gasteiger partial charge in [0.1, 0.15) is 13.2 Å². The molecule has 482 valence electrons. The van der Waals surface area contributed by atoms with Crippen molar-refractivity contribution in [3.05, 3.63) is 36.5 Å². The molecule has 0 heterocycles. The minimum atomic E-state index is -0.776. The summed E-state index contributed by atoms with van der Waals surface area (Å²) in [4.78, 5) is 38.5. The van der Waals surface area contributed by atoms with Gasteiger partial charge in [-0.1, -0.05) is 359 Å². The van der Waals surface area contributed by atoms with Crippen molar-refractivity contribution in [3.8, 4) is 0 Å². The minimum Gasteiger partial charge on any atom is -0.462 e.